The van der Waals surface area contributed by atoms with Gasteiger partial charge in [-0.05, 0) is 61.4 Å². The number of unbranched alkanes of at least 4 members (excludes halogenated alkanes) is 3. The molecule has 0 fully saturated rings. The minimum atomic E-state index is -1.09. The molecule has 198 valence electrons. The molecule has 0 aromatic heterocycles. The topological polar surface area (TPSA) is 50.8 Å². The van der Waals surface area contributed by atoms with Crippen LogP contribution in [0.5, 0.6) is 11.5 Å². The van der Waals surface area contributed by atoms with Gasteiger partial charge < -0.3 is 19.7 Å². The summed E-state index contributed by atoms with van der Waals surface area (Å²) >= 11 is 0. The lowest BCUT2D eigenvalue weighted by atomic mass is 9.77. The molecular weight excluding hydrogens is 484 g/mol. The van der Waals surface area contributed by atoms with Gasteiger partial charge in [-0.15, -0.1) is 0 Å². The van der Waals surface area contributed by atoms with Gasteiger partial charge in [0, 0.05) is 53.4 Å². The smallest absolute Gasteiger partial charge is 0.340 e. The molecule has 5 heteroatoms. The van der Waals surface area contributed by atoms with Gasteiger partial charge in [0.2, 0.25) is 0 Å². The van der Waals surface area contributed by atoms with E-state index >= 15 is 0 Å². The van der Waals surface area contributed by atoms with Crippen LogP contribution in [0.25, 0.3) is 0 Å². The van der Waals surface area contributed by atoms with Gasteiger partial charge in [0.1, 0.15) is 11.5 Å². The van der Waals surface area contributed by atoms with Crippen LogP contribution in [0.1, 0.15) is 65.2 Å². The van der Waals surface area contributed by atoms with E-state index in [1.165, 1.54) is 19.3 Å². The first-order valence-electron chi connectivity index (χ1n) is 13.8. The minimum Gasteiger partial charge on any atom is -0.456 e. The van der Waals surface area contributed by atoms with Crippen LogP contribution in [0.15, 0.2) is 84.9 Å². The van der Waals surface area contributed by atoms with Crippen molar-refractivity contribution >= 4 is 23.0 Å². The van der Waals surface area contributed by atoms with E-state index in [2.05, 4.69) is 55.4 Å². The second kappa shape index (κ2) is 10.1. The third-order valence-electron chi connectivity index (χ3n) is 7.88. The molecule has 0 aliphatic carbocycles. The summed E-state index contributed by atoms with van der Waals surface area (Å²) in [5.41, 5.74) is 6.05. The molecule has 2 aliphatic heterocycles. The predicted octanol–water partition coefficient (Wildman–Crippen LogP) is 8.32. The van der Waals surface area contributed by atoms with Gasteiger partial charge >= 0.3 is 5.97 Å². The van der Waals surface area contributed by atoms with Crippen LogP contribution >= 0.6 is 0 Å². The van der Waals surface area contributed by atoms with E-state index in [0.717, 1.165) is 52.3 Å². The highest BCUT2D eigenvalue weighted by molar-refractivity contribution is 5.97. The van der Waals surface area contributed by atoms with Crippen molar-refractivity contribution in [3.8, 4) is 11.5 Å². The van der Waals surface area contributed by atoms with Crippen molar-refractivity contribution in [3.05, 3.63) is 113 Å². The normalized spacial score (nSPS) is 16.6. The molecule has 0 amide bonds. The fraction of sp³-hybridized carbons (Fsp3) is 0.265. The molecule has 0 radical (unpaired) electrons. The van der Waals surface area contributed by atoms with E-state index in [4.69, 9.17) is 9.47 Å². The zero-order chi connectivity index (χ0) is 27.0. The number of ether oxygens (including phenoxy) is 2. The van der Waals surface area contributed by atoms with Gasteiger partial charge in [-0.2, -0.15) is 0 Å². The molecule has 0 bridgehead atoms. The van der Waals surface area contributed by atoms with Crippen molar-refractivity contribution in [3.63, 3.8) is 0 Å². The van der Waals surface area contributed by atoms with Gasteiger partial charge in [0.25, 0.3) is 0 Å². The average molecular weight is 519 g/mol. The molecule has 1 atom stereocenters. The Labute approximate surface area is 230 Å². The summed E-state index contributed by atoms with van der Waals surface area (Å²) in [6.07, 6.45) is 4.85. The van der Waals surface area contributed by atoms with Crippen molar-refractivity contribution in [2.24, 2.45) is 0 Å². The number of anilines is 3. The fourth-order valence-electron chi connectivity index (χ4n) is 5.76. The average Bonchev–Trinajstić information content (AvgIpc) is 3.25. The number of hydrogen-bond acceptors (Lipinski definition) is 5. The Bertz CT molecular complexity index is 1530. The molecule has 6 rings (SSSR count). The van der Waals surface area contributed by atoms with Gasteiger partial charge in [-0.25, -0.2) is 4.79 Å². The van der Waals surface area contributed by atoms with Gasteiger partial charge in [0.15, 0.2) is 5.60 Å². The molecule has 0 saturated carbocycles. The number of benzene rings is 4. The lowest BCUT2D eigenvalue weighted by molar-refractivity contribution is 0.0224. The number of para-hydroxylation sites is 1. The van der Waals surface area contributed by atoms with Crippen LogP contribution in [0.4, 0.5) is 17.1 Å². The van der Waals surface area contributed by atoms with E-state index in [1.54, 1.807) is 0 Å². The van der Waals surface area contributed by atoms with Gasteiger partial charge in [-0.1, -0.05) is 62.6 Å². The highest BCUT2D eigenvalue weighted by Crippen LogP contribution is 2.57. The number of rotatable bonds is 8. The van der Waals surface area contributed by atoms with Crippen molar-refractivity contribution in [1.29, 1.82) is 0 Å². The maximum absolute atomic E-state index is 13.3. The monoisotopic (exact) mass is 518 g/mol. The predicted molar refractivity (Wildman–Crippen MR) is 157 cm³/mol. The third-order valence-corrected chi connectivity index (χ3v) is 7.88. The molecule has 5 nitrogen and oxygen atoms in total. The standard InChI is InChI=1S/C34H34N2O3/c1-4-5-6-12-19-36(3)25-17-18-28-32(21-25)38-31-20-23(2)30(35-24-13-8-7-9-14-24)22-29(31)34(28)27-16-11-10-15-26(27)33(37)39-34/h7-11,13-18,20-22,35H,4-6,12,19H2,1-3H3. The van der Waals surface area contributed by atoms with Crippen LogP contribution in [0.2, 0.25) is 0 Å². The molecule has 2 heterocycles. The maximum atomic E-state index is 13.3. The third kappa shape index (κ3) is 4.32. The minimum absolute atomic E-state index is 0.320. The number of fused-ring (bicyclic) bond motifs is 6. The molecule has 2 aliphatic rings. The number of nitrogens with one attached hydrogen (secondary N) is 1. The first-order valence-corrected chi connectivity index (χ1v) is 13.8. The first kappa shape index (κ1) is 25.1. The molecule has 0 saturated heterocycles. The number of carbonyl (C=O) groups excluding carboxylic acids is 1. The van der Waals surface area contributed by atoms with Crippen LogP contribution in [0, 0.1) is 6.92 Å². The van der Waals surface area contributed by atoms with Crippen LogP contribution < -0.4 is 15.0 Å². The summed E-state index contributed by atoms with van der Waals surface area (Å²) in [5, 5.41) is 3.54. The Hall–Kier alpha value is -4.25. The molecular formula is C34H34N2O3. The molecule has 1 spiro atoms. The van der Waals surface area contributed by atoms with E-state index in [-0.39, 0.29) is 5.97 Å². The SMILES string of the molecule is CCCCCCN(C)c1ccc2c(c1)Oc1cc(C)c(Nc3ccccc3)cc1C21OC(=O)c2ccccc21. The number of carbonyl (C=O) groups is 1. The van der Waals surface area contributed by atoms with Crippen molar-refractivity contribution in [2.45, 2.75) is 45.1 Å². The Kier molecular flexibility index (Phi) is 6.51. The maximum Gasteiger partial charge on any atom is 0.340 e. The van der Waals surface area contributed by atoms with Crippen LogP contribution in [0.3, 0.4) is 0 Å². The number of nitrogens with zero attached hydrogens (tertiary/aromatic N) is 1. The number of aryl methyl sites for hydroxylation is 1. The van der Waals surface area contributed by atoms with Crippen molar-refractivity contribution in [1.82, 2.24) is 0 Å². The summed E-state index contributed by atoms with van der Waals surface area (Å²) in [5.74, 6) is 1.10. The molecule has 1 unspecified atom stereocenters. The first-order chi connectivity index (χ1) is 19.0. The quantitative estimate of drug-likeness (QED) is 0.188. The molecule has 1 N–H and O–H groups in total. The Morgan fingerprint density at radius 2 is 1.59 bits per heavy atom. The number of hydrogen-bond donors (Lipinski definition) is 1. The van der Waals surface area contributed by atoms with E-state index in [0.29, 0.717) is 17.1 Å². The lowest BCUT2D eigenvalue weighted by Gasteiger charge is -2.37. The summed E-state index contributed by atoms with van der Waals surface area (Å²) in [6, 6.07) is 28.1. The Morgan fingerprint density at radius 1 is 0.821 bits per heavy atom. The van der Waals surface area contributed by atoms with E-state index in [1.807, 2.05) is 60.7 Å². The Balaban J connectivity index is 1.47. The van der Waals surface area contributed by atoms with Crippen LogP contribution in [-0.4, -0.2) is 19.6 Å². The Morgan fingerprint density at radius 3 is 2.41 bits per heavy atom. The summed E-state index contributed by atoms with van der Waals surface area (Å²) in [4.78, 5) is 15.5. The highest BCUT2D eigenvalue weighted by Gasteiger charge is 2.53. The van der Waals surface area contributed by atoms with Crippen molar-refractivity contribution in [2.75, 3.05) is 23.8 Å². The second-order valence-electron chi connectivity index (χ2n) is 10.5. The number of esters is 1. The van der Waals surface area contributed by atoms with E-state index in [9.17, 15) is 4.79 Å². The van der Waals surface area contributed by atoms with Crippen molar-refractivity contribution < 1.29 is 14.3 Å². The summed E-state index contributed by atoms with van der Waals surface area (Å²) in [7, 11) is 2.12. The second-order valence-corrected chi connectivity index (χ2v) is 10.5. The largest absolute Gasteiger partial charge is 0.456 e. The highest BCUT2D eigenvalue weighted by atomic mass is 16.6. The molecule has 4 aromatic rings. The van der Waals surface area contributed by atoms with Gasteiger partial charge in [0.05, 0.1) is 5.56 Å². The summed E-state index contributed by atoms with van der Waals surface area (Å²) in [6.45, 7) is 5.27. The molecule has 39 heavy (non-hydrogen) atoms. The van der Waals surface area contributed by atoms with E-state index < -0.39 is 5.60 Å². The lowest BCUT2D eigenvalue weighted by Crippen LogP contribution is -2.33. The van der Waals surface area contributed by atoms with Crippen LogP contribution in [-0.2, 0) is 10.3 Å². The zero-order valence-electron chi connectivity index (χ0n) is 22.8. The molecule has 4 aromatic carbocycles. The van der Waals surface area contributed by atoms with Gasteiger partial charge in [-0.3, -0.25) is 0 Å². The fourth-order valence-corrected chi connectivity index (χ4v) is 5.76. The summed E-state index contributed by atoms with van der Waals surface area (Å²) < 4.78 is 13.0. The zero-order valence-corrected chi connectivity index (χ0v) is 22.8.